The number of halogens is 1. The molecular weight excluding hydrogens is 246 g/mol. The van der Waals surface area contributed by atoms with E-state index >= 15 is 0 Å². The number of benzene rings is 1. The molecule has 0 amide bonds. The van der Waals surface area contributed by atoms with Gasteiger partial charge in [-0.3, -0.25) is 0 Å². The molecule has 4 heteroatoms. The molecule has 3 nitrogen and oxygen atoms in total. The van der Waals surface area contributed by atoms with Crippen LogP contribution in [0.15, 0.2) is 22.7 Å². The van der Waals surface area contributed by atoms with Crippen LogP contribution in [0.3, 0.4) is 0 Å². The van der Waals surface area contributed by atoms with Gasteiger partial charge in [0, 0.05) is 16.7 Å². The molecule has 76 valence electrons. The molecule has 0 saturated heterocycles. The van der Waals surface area contributed by atoms with E-state index in [2.05, 4.69) is 26.0 Å². The van der Waals surface area contributed by atoms with Gasteiger partial charge in [-0.2, -0.15) is 0 Å². The maximum Gasteiger partial charge on any atom is 0.337 e. The monoisotopic (exact) mass is 257 g/mol. The summed E-state index contributed by atoms with van der Waals surface area (Å²) in [6.45, 7) is 2.82. The average Bonchev–Trinajstić information content (AvgIpc) is 2.16. The van der Waals surface area contributed by atoms with Gasteiger partial charge in [-0.15, -0.1) is 0 Å². The molecule has 0 atom stereocenters. The third-order valence-corrected chi connectivity index (χ3v) is 2.16. The number of nitrogens with one attached hydrogen (secondary N) is 1. The van der Waals surface area contributed by atoms with E-state index in [1.807, 2.05) is 13.0 Å². The van der Waals surface area contributed by atoms with Gasteiger partial charge in [-0.05, 0) is 25.1 Å². The number of hydrogen-bond acceptors (Lipinski definition) is 3. The highest BCUT2D eigenvalue weighted by Gasteiger charge is 2.07. The first-order valence-electron chi connectivity index (χ1n) is 4.30. The molecule has 14 heavy (non-hydrogen) atoms. The molecule has 0 saturated carbocycles. The zero-order valence-corrected chi connectivity index (χ0v) is 9.72. The maximum atomic E-state index is 11.3. The van der Waals surface area contributed by atoms with Gasteiger partial charge in [0.2, 0.25) is 0 Å². The molecule has 1 aromatic carbocycles. The van der Waals surface area contributed by atoms with E-state index in [4.69, 9.17) is 0 Å². The molecule has 1 N–H and O–H groups in total. The van der Waals surface area contributed by atoms with Crippen molar-refractivity contribution in [2.45, 2.75) is 6.92 Å². The van der Waals surface area contributed by atoms with Crippen molar-refractivity contribution in [3.05, 3.63) is 28.2 Å². The molecule has 0 aliphatic heterocycles. The lowest BCUT2D eigenvalue weighted by molar-refractivity contribution is 0.0600. The average molecular weight is 258 g/mol. The third-order valence-electron chi connectivity index (χ3n) is 1.70. The van der Waals surface area contributed by atoms with E-state index in [1.165, 1.54) is 7.11 Å². The molecule has 0 unspecified atom stereocenters. The Morgan fingerprint density at radius 2 is 2.21 bits per heavy atom. The van der Waals surface area contributed by atoms with E-state index in [1.54, 1.807) is 12.1 Å². The van der Waals surface area contributed by atoms with Gasteiger partial charge in [0.05, 0.1) is 12.7 Å². The summed E-state index contributed by atoms with van der Waals surface area (Å²) in [5.74, 6) is -0.328. The second-order valence-corrected chi connectivity index (χ2v) is 3.67. The third kappa shape index (κ3) is 2.73. The largest absolute Gasteiger partial charge is 0.465 e. The fourth-order valence-corrected chi connectivity index (χ4v) is 1.62. The SMILES string of the molecule is CCNc1cc(Br)cc(C(=O)OC)c1. The quantitative estimate of drug-likeness (QED) is 0.847. The molecular formula is C10H12BrNO2. The van der Waals surface area contributed by atoms with Crippen LogP contribution in [-0.2, 0) is 4.74 Å². The van der Waals surface area contributed by atoms with E-state index in [-0.39, 0.29) is 5.97 Å². The van der Waals surface area contributed by atoms with Gasteiger partial charge in [-0.25, -0.2) is 4.79 Å². The molecule has 0 fully saturated rings. The minimum Gasteiger partial charge on any atom is -0.465 e. The number of anilines is 1. The van der Waals surface area contributed by atoms with Crippen molar-refractivity contribution in [3.63, 3.8) is 0 Å². The van der Waals surface area contributed by atoms with E-state index in [0.29, 0.717) is 5.56 Å². The highest BCUT2D eigenvalue weighted by molar-refractivity contribution is 9.10. The lowest BCUT2D eigenvalue weighted by Crippen LogP contribution is -2.03. The van der Waals surface area contributed by atoms with Crippen LogP contribution < -0.4 is 5.32 Å². The Kier molecular flexibility index (Phi) is 3.95. The highest BCUT2D eigenvalue weighted by Crippen LogP contribution is 2.19. The Hall–Kier alpha value is -1.03. The number of esters is 1. The predicted octanol–water partition coefficient (Wildman–Crippen LogP) is 2.67. The van der Waals surface area contributed by atoms with E-state index in [0.717, 1.165) is 16.7 Å². The molecule has 0 heterocycles. The van der Waals surface area contributed by atoms with Crippen LogP contribution in [0.25, 0.3) is 0 Å². The van der Waals surface area contributed by atoms with Gasteiger partial charge in [0.15, 0.2) is 0 Å². The van der Waals surface area contributed by atoms with Crippen LogP contribution >= 0.6 is 15.9 Å². The first kappa shape index (κ1) is 11.0. The second kappa shape index (κ2) is 5.00. The second-order valence-electron chi connectivity index (χ2n) is 2.75. The normalized spacial score (nSPS) is 9.64. The van der Waals surface area contributed by atoms with Crippen molar-refractivity contribution in [3.8, 4) is 0 Å². The molecule has 0 radical (unpaired) electrons. The lowest BCUT2D eigenvalue weighted by Gasteiger charge is -2.06. The zero-order chi connectivity index (χ0) is 10.6. The fraction of sp³-hybridized carbons (Fsp3) is 0.300. The summed E-state index contributed by atoms with van der Waals surface area (Å²) < 4.78 is 5.49. The van der Waals surface area contributed by atoms with Crippen LogP contribution in [0.5, 0.6) is 0 Å². The van der Waals surface area contributed by atoms with Crippen molar-refractivity contribution in [2.75, 3.05) is 19.0 Å². The molecule has 0 spiro atoms. The van der Waals surface area contributed by atoms with Gasteiger partial charge in [-0.1, -0.05) is 15.9 Å². The summed E-state index contributed by atoms with van der Waals surface area (Å²) in [6, 6.07) is 5.41. The first-order valence-corrected chi connectivity index (χ1v) is 5.09. The van der Waals surface area contributed by atoms with Crippen LogP contribution in [0.4, 0.5) is 5.69 Å². The Balaban J connectivity index is 3.00. The van der Waals surface area contributed by atoms with Gasteiger partial charge >= 0.3 is 5.97 Å². The molecule has 0 bridgehead atoms. The molecule has 1 aromatic rings. The van der Waals surface area contributed by atoms with Crippen molar-refractivity contribution >= 4 is 27.6 Å². The van der Waals surface area contributed by atoms with Gasteiger partial charge in [0.25, 0.3) is 0 Å². The minimum absolute atomic E-state index is 0.328. The molecule has 0 aliphatic rings. The highest BCUT2D eigenvalue weighted by atomic mass is 79.9. The van der Waals surface area contributed by atoms with E-state index in [9.17, 15) is 4.79 Å². The van der Waals surface area contributed by atoms with Gasteiger partial charge < -0.3 is 10.1 Å². The fourth-order valence-electron chi connectivity index (χ4n) is 1.13. The van der Waals surface area contributed by atoms with Crippen LogP contribution in [0.1, 0.15) is 17.3 Å². The Morgan fingerprint density at radius 3 is 2.79 bits per heavy atom. The number of carbonyl (C=O) groups is 1. The van der Waals surface area contributed by atoms with Crippen molar-refractivity contribution < 1.29 is 9.53 Å². The van der Waals surface area contributed by atoms with Crippen LogP contribution in [-0.4, -0.2) is 19.6 Å². The van der Waals surface area contributed by atoms with Crippen LogP contribution in [0.2, 0.25) is 0 Å². The zero-order valence-electron chi connectivity index (χ0n) is 8.13. The summed E-state index contributed by atoms with van der Waals surface area (Å²) in [7, 11) is 1.37. The Labute approximate surface area is 91.6 Å². The number of methoxy groups -OCH3 is 1. The maximum absolute atomic E-state index is 11.3. The molecule has 0 aromatic heterocycles. The number of hydrogen-bond donors (Lipinski definition) is 1. The Bertz CT molecular complexity index is 339. The predicted molar refractivity (Wildman–Crippen MR) is 59.6 cm³/mol. The lowest BCUT2D eigenvalue weighted by atomic mass is 10.2. The standard InChI is InChI=1S/C10H12BrNO2/c1-3-12-9-5-7(10(13)14-2)4-8(11)6-9/h4-6,12H,3H2,1-2H3. The number of carbonyl (C=O) groups excluding carboxylic acids is 1. The molecule has 1 rings (SSSR count). The van der Waals surface area contributed by atoms with Crippen LogP contribution in [0, 0.1) is 0 Å². The summed E-state index contributed by atoms with van der Waals surface area (Å²) in [4.78, 5) is 11.3. The summed E-state index contributed by atoms with van der Waals surface area (Å²) in [5.41, 5.74) is 1.44. The number of ether oxygens (including phenoxy) is 1. The topological polar surface area (TPSA) is 38.3 Å². The summed E-state index contributed by atoms with van der Waals surface area (Å²) in [6.07, 6.45) is 0. The smallest absolute Gasteiger partial charge is 0.337 e. The summed E-state index contributed by atoms with van der Waals surface area (Å²) >= 11 is 3.33. The Morgan fingerprint density at radius 1 is 1.50 bits per heavy atom. The van der Waals surface area contributed by atoms with E-state index < -0.39 is 0 Å². The van der Waals surface area contributed by atoms with Gasteiger partial charge in [0.1, 0.15) is 0 Å². The molecule has 0 aliphatic carbocycles. The first-order chi connectivity index (χ1) is 6.67. The number of rotatable bonds is 3. The van der Waals surface area contributed by atoms with Crippen molar-refractivity contribution in [1.82, 2.24) is 0 Å². The van der Waals surface area contributed by atoms with Crippen molar-refractivity contribution in [2.24, 2.45) is 0 Å². The minimum atomic E-state index is -0.328. The summed E-state index contributed by atoms with van der Waals surface area (Å²) in [5, 5.41) is 3.13. The van der Waals surface area contributed by atoms with Crippen molar-refractivity contribution in [1.29, 1.82) is 0 Å².